The third-order valence-electron chi connectivity index (χ3n) is 9.39. The number of pyridine rings is 2. The number of hydrogen-bond acceptors (Lipinski definition) is 3. The Bertz CT molecular complexity index is 2160. The maximum atomic E-state index is 4.74. The average Bonchev–Trinajstić information content (AvgIpc) is 3.52. The van der Waals surface area contributed by atoms with Gasteiger partial charge in [0.2, 0.25) is 0 Å². The third kappa shape index (κ3) is 8.08. The van der Waals surface area contributed by atoms with Crippen molar-refractivity contribution in [3.05, 3.63) is 139 Å². The number of fused-ring (bicyclic) bond motifs is 3. The molecule has 4 aromatic carbocycles. The first-order chi connectivity index (χ1) is 23.7. The van der Waals surface area contributed by atoms with Crippen molar-refractivity contribution in [2.45, 2.75) is 72.0 Å². The topological polar surface area (TPSA) is 25.8 Å². The minimum Gasteiger partial charge on any atom is -0.305 e. The van der Waals surface area contributed by atoms with Gasteiger partial charge < -0.3 is 9.97 Å². The second-order valence-corrected chi connectivity index (χ2v) is 20.2. The van der Waals surface area contributed by atoms with Gasteiger partial charge in [-0.1, -0.05) is 118 Å². The zero-order valence-corrected chi connectivity index (χ0v) is 34.4. The van der Waals surface area contributed by atoms with Gasteiger partial charge in [-0.25, -0.2) is 0 Å². The van der Waals surface area contributed by atoms with Crippen LogP contribution in [0.4, 0.5) is 0 Å². The van der Waals surface area contributed by atoms with Crippen molar-refractivity contribution < 1.29 is 20.1 Å². The van der Waals surface area contributed by atoms with Crippen molar-refractivity contribution in [3.63, 3.8) is 0 Å². The van der Waals surface area contributed by atoms with Gasteiger partial charge in [0, 0.05) is 37.2 Å². The summed E-state index contributed by atoms with van der Waals surface area (Å²) in [4.78, 5) is 9.40. The van der Waals surface area contributed by atoms with E-state index in [4.69, 9.17) is 4.98 Å². The number of aromatic nitrogens is 2. The molecule has 0 spiro atoms. The van der Waals surface area contributed by atoms with E-state index in [1.165, 1.54) is 47.6 Å². The summed E-state index contributed by atoms with van der Waals surface area (Å²) < 4.78 is 2.58. The Morgan fingerprint density at radius 1 is 0.760 bits per heavy atom. The molecule has 0 atom stereocenters. The Morgan fingerprint density at radius 2 is 1.52 bits per heavy atom. The van der Waals surface area contributed by atoms with Crippen LogP contribution in [0.5, 0.6) is 0 Å². The Morgan fingerprint density at radius 3 is 2.20 bits per heavy atom. The Labute approximate surface area is 317 Å². The average molecular weight is 867 g/mol. The van der Waals surface area contributed by atoms with Crippen LogP contribution < -0.4 is 5.19 Å². The van der Waals surface area contributed by atoms with Crippen LogP contribution in [0.1, 0.15) is 63.5 Å². The van der Waals surface area contributed by atoms with E-state index >= 15 is 0 Å². The fourth-order valence-corrected chi connectivity index (χ4v) is 9.63. The molecule has 50 heavy (non-hydrogen) atoms. The summed E-state index contributed by atoms with van der Waals surface area (Å²) in [5, 5.41) is 4.09. The summed E-state index contributed by atoms with van der Waals surface area (Å²) in [6, 6.07) is 43.0. The molecule has 257 valence electrons. The van der Waals surface area contributed by atoms with E-state index in [-0.39, 0.29) is 20.1 Å². The van der Waals surface area contributed by atoms with Gasteiger partial charge in [0.25, 0.3) is 0 Å². The summed E-state index contributed by atoms with van der Waals surface area (Å²) in [6.07, 6.45) is 6.35. The molecular formula is C45H46IrN2SSi-2. The van der Waals surface area contributed by atoms with Crippen LogP contribution in [0.15, 0.2) is 116 Å². The number of nitrogens with zero attached hydrogens (tertiary/aromatic N) is 2. The van der Waals surface area contributed by atoms with Gasteiger partial charge in [0.15, 0.2) is 0 Å². The van der Waals surface area contributed by atoms with Gasteiger partial charge in [-0.05, 0) is 74.6 Å². The van der Waals surface area contributed by atoms with E-state index in [9.17, 15) is 0 Å². The molecule has 0 N–H and O–H groups in total. The fourth-order valence-electron chi connectivity index (χ4n) is 6.71. The molecule has 0 aliphatic heterocycles. The molecule has 0 aliphatic carbocycles. The molecule has 3 heterocycles. The van der Waals surface area contributed by atoms with E-state index in [2.05, 4.69) is 156 Å². The van der Waals surface area contributed by atoms with Gasteiger partial charge in [0.05, 0.1) is 8.07 Å². The maximum absolute atomic E-state index is 4.74. The van der Waals surface area contributed by atoms with Crippen molar-refractivity contribution in [1.82, 2.24) is 9.97 Å². The molecule has 0 unspecified atom stereocenters. The Hall–Kier alpha value is -3.73. The van der Waals surface area contributed by atoms with Crippen molar-refractivity contribution in [2.75, 3.05) is 0 Å². The number of benzene rings is 4. The number of rotatable bonds is 8. The van der Waals surface area contributed by atoms with Crippen LogP contribution in [0.2, 0.25) is 19.6 Å². The summed E-state index contributed by atoms with van der Waals surface area (Å²) in [7, 11) is -1.34. The molecule has 0 saturated heterocycles. The maximum Gasteiger partial charge on any atom is 0.0799 e. The minimum atomic E-state index is -1.34. The zero-order valence-electron chi connectivity index (χ0n) is 30.2. The molecular weight excluding hydrogens is 821 g/mol. The molecule has 7 aromatic rings. The molecule has 0 saturated carbocycles. The van der Waals surface area contributed by atoms with Crippen LogP contribution in [0.25, 0.3) is 53.8 Å². The molecule has 0 amide bonds. The van der Waals surface area contributed by atoms with Crippen molar-refractivity contribution >= 4 is 44.8 Å². The smallest absolute Gasteiger partial charge is 0.0799 e. The zero-order chi connectivity index (χ0) is 34.5. The molecule has 0 fully saturated rings. The van der Waals surface area contributed by atoms with E-state index in [0.717, 1.165) is 35.4 Å². The molecule has 2 nitrogen and oxygen atoms in total. The third-order valence-corrected chi connectivity index (χ3v) is 12.6. The van der Waals surface area contributed by atoms with Gasteiger partial charge in [-0.2, -0.15) is 11.3 Å². The van der Waals surface area contributed by atoms with Crippen molar-refractivity contribution in [1.29, 1.82) is 0 Å². The Balaban J connectivity index is 0.000000211. The monoisotopic (exact) mass is 867 g/mol. The summed E-state index contributed by atoms with van der Waals surface area (Å²) >= 11 is 1.85. The van der Waals surface area contributed by atoms with Crippen LogP contribution in [0, 0.1) is 12.1 Å². The van der Waals surface area contributed by atoms with E-state index in [1.807, 2.05) is 35.7 Å². The standard InChI is InChI=1S/C28H24NS.C17H22NSi.Ir/c1-3-19(4-2)21-16-17-29-25(18-21)23-13-8-14-24-27-22(20-10-6-5-7-11-20)12-9-15-26(27)30-28(23)24;1-13(2)15-11-16(14-9-7-6-8-10-14)18-12-17(15)19(3,4)5;/h5-12,14-19H,3-4H2,1-2H3;6-9,11-13H,1-5H3;/q2*-1;. The molecule has 0 bridgehead atoms. The van der Waals surface area contributed by atoms with Crippen LogP contribution in [0.3, 0.4) is 0 Å². The van der Waals surface area contributed by atoms with Gasteiger partial charge in [0.1, 0.15) is 0 Å². The second kappa shape index (κ2) is 16.5. The van der Waals surface area contributed by atoms with Gasteiger partial charge in [-0.15, -0.1) is 59.7 Å². The van der Waals surface area contributed by atoms with Crippen LogP contribution in [-0.2, 0) is 20.1 Å². The Kier molecular flexibility index (Phi) is 12.4. The van der Waals surface area contributed by atoms with Gasteiger partial charge in [-0.3, -0.25) is 0 Å². The summed E-state index contributed by atoms with van der Waals surface area (Å²) in [5.74, 6) is 1.12. The van der Waals surface area contributed by atoms with E-state index < -0.39 is 8.07 Å². The first-order valence-electron chi connectivity index (χ1n) is 17.5. The largest absolute Gasteiger partial charge is 0.305 e. The minimum absolute atomic E-state index is 0. The molecule has 0 aliphatic rings. The first kappa shape index (κ1) is 37.5. The normalized spacial score (nSPS) is 11.5. The molecule has 1 radical (unpaired) electrons. The van der Waals surface area contributed by atoms with Crippen molar-refractivity contribution in [2.24, 2.45) is 0 Å². The SMILES string of the molecule is CC(C)c1cc(-c2[c-]cccc2)ncc1[Si](C)(C)C.CCC(CC)c1ccnc(-c2[c-]ccc3c2sc2cccc(-c4ccccc4)c23)c1.[Ir]. The predicted molar refractivity (Wildman–Crippen MR) is 216 cm³/mol. The second-order valence-electron chi connectivity index (χ2n) is 14.1. The predicted octanol–water partition coefficient (Wildman–Crippen LogP) is 12.7. The van der Waals surface area contributed by atoms with Crippen LogP contribution >= 0.6 is 11.3 Å². The van der Waals surface area contributed by atoms with Crippen LogP contribution in [-0.4, -0.2) is 18.0 Å². The summed E-state index contributed by atoms with van der Waals surface area (Å²) in [5.41, 5.74) is 9.61. The van der Waals surface area contributed by atoms with E-state index in [0.29, 0.717) is 11.8 Å². The number of thiophene rings is 1. The number of hydrogen-bond donors (Lipinski definition) is 0. The van der Waals surface area contributed by atoms with Gasteiger partial charge >= 0.3 is 0 Å². The first-order valence-corrected chi connectivity index (χ1v) is 21.9. The van der Waals surface area contributed by atoms with E-state index in [1.54, 1.807) is 0 Å². The molecule has 3 aromatic heterocycles. The van der Waals surface area contributed by atoms with Crippen molar-refractivity contribution in [3.8, 4) is 33.6 Å². The molecule has 5 heteroatoms. The summed E-state index contributed by atoms with van der Waals surface area (Å²) in [6.45, 7) is 16.2. The quantitative estimate of drug-likeness (QED) is 0.112. The molecule has 7 rings (SSSR count). The fraction of sp³-hybridized carbons (Fsp3) is 0.244.